The minimum Gasteiger partial charge on any atom is -0.487 e. The second kappa shape index (κ2) is 8.31. The number of para-hydroxylation sites is 1. The van der Waals surface area contributed by atoms with E-state index in [1.807, 2.05) is 78.9 Å². The van der Waals surface area contributed by atoms with Gasteiger partial charge < -0.3 is 4.74 Å². The first kappa shape index (κ1) is 17.7. The highest BCUT2D eigenvalue weighted by molar-refractivity contribution is 6.10. The molecule has 0 spiro atoms. The zero-order chi connectivity index (χ0) is 19.2. The van der Waals surface area contributed by atoms with E-state index in [0.717, 1.165) is 16.7 Å². The minimum atomic E-state index is -0.151. The number of ketones is 1. The number of carbonyl (C=O) groups is 1. The summed E-state index contributed by atoms with van der Waals surface area (Å²) in [7, 11) is 0. The molecule has 0 radical (unpaired) electrons. The van der Waals surface area contributed by atoms with Crippen molar-refractivity contribution in [2.75, 3.05) is 0 Å². The van der Waals surface area contributed by atoms with E-state index >= 15 is 0 Å². The van der Waals surface area contributed by atoms with Gasteiger partial charge in [-0.15, -0.1) is 0 Å². The SMILES string of the molecule is O=C(c1ccccn1)c1cccc(-c2ccccc2)c1OCc1ccccc1. The van der Waals surface area contributed by atoms with Gasteiger partial charge in [-0.2, -0.15) is 0 Å². The molecule has 0 fully saturated rings. The second-order valence-electron chi connectivity index (χ2n) is 6.37. The maximum Gasteiger partial charge on any atom is 0.215 e. The van der Waals surface area contributed by atoms with Crippen LogP contribution in [0.15, 0.2) is 103 Å². The van der Waals surface area contributed by atoms with E-state index in [2.05, 4.69) is 4.98 Å². The van der Waals surface area contributed by atoms with Crippen LogP contribution in [0.2, 0.25) is 0 Å². The Morgan fingerprint density at radius 2 is 1.46 bits per heavy atom. The van der Waals surface area contributed by atoms with Gasteiger partial charge in [-0.3, -0.25) is 9.78 Å². The maximum atomic E-state index is 13.1. The van der Waals surface area contributed by atoms with Gasteiger partial charge in [0.2, 0.25) is 5.78 Å². The van der Waals surface area contributed by atoms with Crippen LogP contribution in [0, 0.1) is 0 Å². The van der Waals surface area contributed by atoms with E-state index in [4.69, 9.17) is 4.74 Å². The lowest BCUT2D eigenvalue weighted by Gasteiger charge is -2.16. The van der Waals surface area contributed by atoms with Crippen LogP contribution in [0.5, 0.6) is 5.75 Å². The molecule has 0 aliphatic carbocycles. The first-order valence-corrected chi connectivity index (χ1v) is 9.14. The monoisotopic (exact) mass is 365 g/mol. The number of ether oxygens (including phenoxy) is 1. The van der Waals surface area contributed by atoms with E-state index in [1.165, 1.54) is 0 Å². The molecule has 3 heteroatoms. The first-order valence-electron chi connectivity index (χ1n) is 9.14. The Morgan fingerprint density at radius 1 is 0.750 bits per heavy atom. The van der Waals surface area contributed by atoms with E-state index < -0.39 is 0 Å². The smallest absolute Gasteiger partial charge is 0.215 e. The number of benzene rings is 3. The molecule has 28 heavy (non-hydrogen) atoms. The lowest BCUT2D eigenvalue weighted by Crippen LogP contribution is -2.08. The molecular formula is C25H19NO2. The van der Waals surface area contributed by atoms with Crippen LogP contribution in [-0.2, 0) is 6.61 Å². The lowest BCUT2D eigenvalue weighted by atomic mass is 9.98. The molecule has 0 saturated carbocycles. The Morgan fingerprint density at radius 3 is 2.18 bits per heavy atom. The summed E-state index contributed by atoms with van der Waals surface area (Å²) in [6.07, 6.45) is 1.62. The number of aromatic nitrogens is 1. The molecule has 0 aliphatic heterocycles. The van der Waals surface area contributed by atoms with Crippen LogP contribution in [-0.4, -0.2) is 10.8 Å². The molecule has 136 valence electrons. The molecule has 3 aromatic carbocycles. The predicted octanol–water partition coefficient (Wildman–Crippen LogP) is 5.56. The maximum absolute atomic E-state index is 13.1. The number of pyridine rings is 1. The van der Waals surface area contributed by atoms with Crippen molar-refractivity contribution in [3.8, 4) is 16.9 Å². The van der Waals surface area contributed by atoms with Gasteiger partial charge in [0.1, 0.15) is 18.1 Å². The summed E-state index contributed by atoms with van der Waals surface area (Å²) >= 11 is 0. The largest absolute Gasteiger partial charge is 0.487 e. The van der Waals surface area contributed by atoms with Crippen LogP contribution in [0.3, 0.4) is 0 Å². The van der Waals surface area contributed by atoms with E-state index in [1.54, 1.807) is 24.4 Å². The summed E-state index contributed by atoms with van der Waals surface area (Å²) in [5, 5.41) is 0. The normalized spacial score (nSPS) is 10.4. The summed E-state index contributed by atoms with van der Waals surface area (Å²) in [6.45, 7) is 0.382. The Labute approximate surface area is 164 Å². The van der Waals surface area contributed by atoms with Crippen LogP contribution in [0.4, 0.5) is 0 Å². The quantitative estimate of drug-likeness (QED) is 0.420. The molecule has 0 N–H and O–H groups in total. The molecule has 4 rings (SSSR count). The van der Waals surface area contributed by atoms with Crippen molar-refractivity contribution in [2.45, 2.75) is 6.61 Å². The summed E-state index contributed by atoms with van der Waals surface area (Å²) < 4.78 is 6.20. The molecule has 0 amide bonds. The van der Waals surface area contributed by atoms with E-state index in [9.17, 15) is 4.79 Å². The molecule has 0 saturated heterocycles. The fraction of sp³-hybridized carbons (Fsp3) is 0.0400. The number of nitrogens with zero attached hydrogens (tertiary/aromatic N) is 1. The van der Waals surface area contributed by atoms with Crippen LogP contribution >= 0.6 is 0 Å². The number of hydrogen-bond acceptors (Lipinski definition) is 3. The Hall–Kier alpha value is -3.72. The summed E-state index contributed by atoms with van der Waals surface area (Å²) in [6, 6.07) is 30.9. The highest BCUT2D eigenvalue weighted by Crippen LogP contribution is 2.35. The van der Waals surface area contributed by atoms with Gasteiger partial charge in [0.15, 0.2) is 0 Å². The third kappa shape index (κ3) is 3.84. The van der Waals surface area contributed by atoms with E-state index in [-0.39, 0.29) is 5.78 Å². The van der Waals surface area contributed by atoms with E-state index in [0.29, 0.717) is 23.6 Å². The molecule has 4 aromatic rings. The number of hydrogen-bond donors (Lipinski definition) is 0. The first-order chi connectivity index (χ1) is 13.8. The number of rotatable bonds is 6. The van der Waals surface area contributed by atoms with Crippen LogP contribution in [0.1, 0.15) is 21.6 Å². The van der Waals surface area contributed by atoms with Crippen LogP contribution in [0.25, 0.3) is 11.1 Å². The van der Waals surface area contributed by atoms with Crippen molar-refractivity contribution in [2.24, 2.45) is 0 Å². The lowest BCUT2D eigenvalue weighted by molar-refractivity contribution is 0.103. The highest BCUT2D eigenvalue weighted by Gasteiger charge is 2.19. The molecule has 1 aromatic heterocycles. The van der Waals surface area contributed by atoms with Crippen molar-refractivity contribution in [1.82, 2.24) is 4.98 Å². The topological polar surface area (TPSA) is 39.2 Å². The molecule has 0 bridgehead atoms. The van der Waals surface area contributed by atoms with Crippen LogP contribution < -0.4 is 4.74 Å². The van der Waals surface area contributed by atoms with Gasteiger partial charge in [-0.25, -0.2) is 0 Å². The Bertz CT molecular complexity index is 1060. The van der Waals surface area contributed by atoms with Gasteiger partial charge in [-0.1, -0.05) is 78.9 Å². The van der Waals surface area contributed by atoms with Gasteiger partial charge >= 0.3 is 0 Å². The van der Waals surface area contributed by atoms with Crippen molar-refractivity contribution in [3.63, 3.8) is 0 Å². The molecule has 0 atom stereocenters. The number of carbonyl (C=O) groups excluding carboxylic acids is 1. The average Bonchev–Trinajstić information content (AvgIpc) is 2.79. The third-order valence-electron chi connectivity index (χ3n) is 4.47. The summed E-state index contributed by atoms with van der Waals surface area (Å²) in [4.78, 5) is 17.3. The molecule has 0 aliphatic rings. The Balaban J connectivity index is 1.78. The van der Waals surface area contributed by atoms with Crippen molar-refractivity contribution < 1.29 is 9.53 Å². The summed E-state index contributed by atoms with van der Waals surface area (Å²) in [5.74, 6) is 0.426. The van der Waals surface area contributed by atoms with Gasteiger partial charge in [0.25, 0.3) is 0 Å². The fourth-order valence-corrected chi connectivity index (χ4v) is 3.08. The minimum absolute atomic E-state index is 0.151. The van der Waals surface area contributed by atoms with Crippen molar-refractivity contribution >= 4 is 5.78 Å². The zero-order valence-electron chi connectivity index (χ0n) is 15.3. The molecule has 1 heterocycles. The van der Waals surface area contributed by atoms with Crippen molar-refractivity contribution in [3.05, 3.63) is 120 Å². The standard InChI is InChI=1S/C25H19NO2/c27-24(23-16-7-8-17-26-23)22-15-9-14-21(20-12-5-2-6-13-20)25(22)28-18-19-10-3-1-4-11-19/h1-17H,18H2. The van der Waals surface area contributed by atoms with Crippen molar-refractivity contribution in [1.29, 1.82) is 0 Å². The van der Waals surface area contributed by atoms with Gasteiger partial charge in [0, 0.05) is 11.8 Å². The Kier molecular flexibility index (Phi) is 5.25. The highest BCUT2D eigenvalue weighted by atomic mass is 16.5. The average molecular weight is 365 g/mol. The van der Waals surface area contributed by atoms with Gasteiger partial charge in [-0.05, 0) is 29.3 Å². The molecule has 0 unspecified atom stereocenters. The molecular weight excluding hydrogens is 346 g/mol. The summed E-state index contributed by atoms with van der Waals surface area (Å²) in [5.41, 5.74) is 3.84. The second-order valence-corrected chi connectivity index (χ2v) is 6.37. The predicted molar refractivity (Wildman–Crippen MR) is 110 cm³/mol. The fourth-order valence-electron chi connectivity index (χ4n) is 3.08. The molecule has 3 nitrogen and oxygen atoms in total. The van der Waals surface area contributed by atoms with Gasteiger partial charge in [0.05, 0.1) is 5.56 Å². The zero-order valence-corrected chi connectivity index (χ0v) is 15.3. The third-order valence-corrected chi connectivity index (χ3v) is 4.47.